The highest BCUT2D eigenvalue weighted by molar-refractivity contribution is 5.81. The van der Waals surface area contributed by atoms with Crippen LogP contribution in [0.3, 0.4) is 0 Å². The smallest absolute Gasteiger partial charge is 0.0703 e. The van der Waals surface area contributed by atoms with Crippen LogP contribution in [-0.2, 0) is 13.5 Å². The van der Waals surface area contributed by atoms with Gasteiger partial charge in [-0.05, 0) is 38.3 Å². The van der Waals surface area contributed by atoms with Crippen molar-refractivity contribution in [1.29, 1.82) is 0 Å². The molecule has 2 rings (SSSR count). The maximum atomic E-state index is 4.69. The van der Waals surface area contributed by atoms with E-state index < -0.39 is 0 Å². The lowest BCUT2D eigenvalue weighted by Gasteiger charge is -2.17. The van der Waals surface area contributed by atoms with Crippen LogP contribution in [0.4, 0.5) is 0 Å². The number of hydrogen-bond acceptors (Lipinski definition) is 2. The molecule has 0 amide bonds. The van der Waals surface area contributed by atoms with Gasteiger partial charge in [0.15, 0.2) is 0 Å². The normalized spacial score (nSPS) is 12.9. The van der Waals surface area contributed by atoms with Crippen LogP contribution in [0.5, 0.6) is 0 Å². The number of para-hydroxylation sites is 1. The molecule has 0 aliphatic carbocycles. The fourth-order valence-corrected chi connectivity index (χ4v) is 2.83. The van der Waals surface area contributed by atoms with Gasteiger partial charge in [0, 0.05) is 18.5 Å². The number of aromatic nitrogens is 2. The predicted molar refractivity (Wildman–Crippen MR) is 86.0 cm³/mol. The summed E-state index contributed by atoms with van der Waals surface area (Å²) >= 11 is 0. The van der Waals surface area contributed by atoms with Gasteiger partial charge in [-0.15, -0.1) is 0 Å². The van der Waals surface area contributed by atoms with Crippen molar-refractivity contribution in [3.05, 3.63) is 30.0 Å². The average Bonchev–Trinajstić information content (AvgIpc) is 2.79. The Balaban J connectivity index is 2.03. The van der Waals surface area contributed by atoms with Crippen molar-refractivity contribution in [3.63, 3.8) is 0 Å². The van der Waals surface area contributed by atoms with Crippen LogP contribution in [0.25, 0.3) is 10.9 Å². The summed E-state index contributed by atoms with van der Waals surface area (Å²) in [7, 11) is 2.03. The van der Waals surface area contributed by atoms with Gasteiger partial charge in [-0.2, -0.15) is 5.10 Å². The van der Waals surface area contributed by atoms with E-state index in [9.17, 15) is 0 Å². The van der Waals surface area contributed by atoms with Crippen LogP contribution >= 0.6 is 0 Å². The zero-order chi connectivity index (χ0) is 14.4. The van der Waals surface area contributed by atoms with Crippen LogP contribution in [0.2, 0.25) is 0 Å². The molecular weight excluding hydrogens is 246 g/mol. The Morgan fingerprint density at radius 1 is 1.15 bits per heavy atom. The molecule has 0 fully saturated rings. The SMILES string of the molecule is CCCNC(CCC)CCc1nn(C)c2ccccc12. The van der Waals surface area contributed by atoms with Crippen molar-refractivity contribution in [2.75, 3.05) is 6.54 Å². The Labute approximate surface area is 122 Å². The number of benzene rings is 1. The maximum Gasteiger partial charge on any atom is 0.0703 e. The van der Waals surface area contributed by atoms with Gasteiger partial charge in [0.2, 0.25) is 0 Å². The highest BCUT2D eigenvalue weighted by Crippen LogP contribution is 2.19. The summed E-state index contributed by atoms with van der Waals surface area (Å²) in [6.07, 6.45) is 5.93. The summed E-state index contributed by atoms with van der Waals surface area (Å²) in [4.78, 5) is 0. The van der Waals surface area contributed by atoms with Crippen molar-refractivity contribution < 1.29 is 0 Å². The summed E-state index contributed by atoms with van der Waals surface area (Å²) in [5.74, 6) is 0. The van der Waals surface area contributed by atoms with Gasteiger partial charge in [0.1, 0.15) is 0 Å². The van der Waals surface area contributed by atoms with Crippen molar-refractivity contribution in [2.24, 2.45) is 7.05 Å². The summed E-state index contributed by atoms with van der Waals surface area (Å²) in [6.45, 7) is 5.60. The maximum absolute atomic E-state index is 4.69. The van der Waals surface area contributed by atoms with E-state index in [1.807, 2.05) is 11.7 Å². The molecule has 3 heteroatoms. The number of fused-ring (bicyclic) bond motifs is 1. The zero-order valence-corrected chi connectivity index (χ0v) is 13.0. The summed E-state index contributed by atoms with van der Waals surface area (Å²) in [5.41, 5.74) is 2.47. The first-order valence-corrected chi connectivity index (χ1v) is 7.90. The van der Waals surface area contributed by atoms with E-state index in [0.717, 1.165) is 13.0 Å². The minimum Gasteiger partial charge on any atom is -0.314 e. The molecule has 1 heterocycles. The number of hydrogen-bond donors (Lipinski definition) is 1. The number of aryl methyl sites for hydroxylation is 2. The third-order valence-corrected chi connectivity index (χ3v) is 3.88. The van der Waals surface area contributed by atoms with Crippen LogP contribution in [0.1, 0.15) is 45.2 Å². The van der Waals surface area contributed by atoms with E-state index in [0.29, 0.717) is 6.04 Å². The molecule has 1 atom stereocenters. The van der Waals surface area contributed by atoms with Crippen molar-refractivity contribution >= 4 is 10.9 Å². The molecule has 0 spiro atoms. The van der Waals surface area contributed by atoms with E-state index in [4.69, 9.17) is 5.10 Å². The number of nitrogens with zero attached hydrogens (tertiary/aromatic N) is 2. The van der Waals surface area contributed by atoms with E-state index in [1.54, 1.807) is 0 Å². The quantitative estimate of drug-likeness (QED) is 0.795. The average molecular weight is 273 g/mol. The standard InChI is InChI=1S/C17H27N3/c1-4-8-14(18-13-5-2)11-12-16-15-9-6-7-10-17(15)20(3)19-16/h6-7,9-10,14,18H,4-5,8,11-13H2,1-3H3. The van der Waals surface area contributed by atoms with Crippen LogP contribution in [0, 0.1) is 0 Å². The first-order valence-electron chi connectivity index (χ1n) is 7.90. The molecule has 0 saturated carbocycles. The molecule has 110 valence electrons. The third-order valence-electron chi connectivity index (χ3n) is 3.88. The van der Waals surface area contributed by atoms with E-state index in [1.165, 1.54) is 42.3 Å². The second-order valence-corrected chi connectivity index (χ2v) is 5.57. The summed E-state index contributed by atoms with van der Waals surface area (Å²) < 4.78 is 2.00. The van der Waals surface area contributed by atoms with E-state index in [2.05, 4.69) is 43.4 Å². The largest absolute Gasteiger partial charge is 0.314 e. The highest BCUT2D eigenvalue weighted by Gasteiger charge is 2.11. The molecule has 0 saturated heterocycles. The van der Waals surface area contributed by atoms with Crippen molar-refractivity contribution in [1.82, 2.24) is 15.1 Å². The van der Waals surface area contributed by atoms with Crippen LogP contribution in [-0.4, -0.2) is 22.4 Å². The molecule has 1 aromatic heterocycles. The van der Waals surface area contributed by atoms with Crippen molar-refractivity contribution in [2.45, 2.75) is 52.0 Å². The molecule has 1 N–H and O–H groups in total. The molecule has 0 radical (unpaired) electrons. The Bertz CT molecular complexity index is 530. The lowest BCUT2D eigenvalue weighted by Crippen LogP contribution is -2.30. The number of nitrogens with one attached hydrogen (secondary N) is 1. The van der Waals surface area contributed by atoms with E-state index in [-0.39, 0.29) is 0 Å². The Morgan fingerprint density at radius 2 is 1.95 bits per heavy atom. The molecule has 20 heavy (non-hydrogen) atoms. The monoisotopic (exact) mass is 273 g/mol. The third kappa shape index (κ3) is 3.60. The Kier molecular flexibility index (Phi) is 5.60. The van der Waals surface area contributed by atoms with Crippen LogP contribution in [0.15, 0.2) is 24.3 Å². The van der Waals surface area contributed by atoms with Gasteiger partial charge < -0.3 is 5.32 Å². The Hall–Kier alpha value is -1.35. The second kappa shape index (κ2) is 7.44. The van der Waals surface area contributed by atoms with Gasteiger partial charge in [0.25, 0.3) is 0 Å². The minimum absolute atomic E-state index is 0.626. The van der Waals surface area contributed by atoms with Gasteiger partial charge >= 0.3 is 0 Å². The lowest BCUT2D eigenvalue weighted by molar-refractivity contribution is 0.447. The first-order chi connectivity index (χ1) is 9.76. The molecule has 0 aliphatic heterocycles. The van der Waals surface area contributed by atoms with Gasteiger partial charge in [-0.1, -0.05) is 38.5 Å². The van der Waals surface area contributed by atoms with Gasteiger partial charge in [0.05, 0.1) is 11.2 Å². The first kappa shape index (κ1) is 15.0. The molecule has 3 nitrogen and oxygen atoms in total. The molecule has 2 aromatic rings. The fraction of sp³-hybridized carbons (Fsp3) is 0.588. The molecule has 1 aromatic carbocycles. The van der Waals surface area contributed by atoms with Gasteiger partial charge in [-0.3, -0.25) is 4.68 Å². The Morgan fingerprint density at radius 3 is 2.70 bits per heavy atom. The van der Waals surface area contributed by atoms with Gasteiger partial charge in [-0.25, -0.2) is 0 Å². The minimum atomic E-state index is 0.626. The molecule has 0 bridgehead atoms. The summed E-state index contributed by atoms with van der Waals surface area (Å²) in [5, 5.41) is 9.66. The summed E-state index contributed by atoms with van der Waals surface area (Å²) in [6, 6.07) is 9.14. The lowest BCUT2D eigenvalue weighted by atomic mass is 10.0. The van der Waals surface area contributed by atoms with E-state index >= 15 is 0 Å². The molecule has 0 aliphatic rings. The van der Waals surface area contributed by atoms with Crippen molar-refractivity contribution in [3.8, 4) is 0 Å². The fourth-order valence-electron chi connectivity index (χ4n) is 2.83. The molecular formula is C17H27N3. The molecule has 1 unspecified atom stereocenters. The van der Waals surface area contributed by atoms with Crippen LogP contribution < -0.4 is 5.32 Å². The topological polar surface area (TPSA) is 29.9 Å². The zero-order valence-electron chi connectivity index (χ0n) is 13.0. The predicted octanol–water partition coefficient (Wildman–Crippen LogP) is 3.67. The highest BCUT2D eigenvalue weighted by atomic mass is 15.3. The second-order valence-electron chi connectivity index (χ2n) is 5.57. The number of rotatable bonds is 8.